The molecule has 186 valence electrons. The topological polar surface area (TPSA) is 41.9 Å². The van der Waals surface area contributed by atoms with Gasteiger partial charge in [0.15, 0.2) is 0 Å². The maximum Gasteiger partial charge on any atom is 0.119 e. The van der Waals surface area contributed by atoms with Crippen molar-refractivity contribution in [2.75, 3.05) is 33.9 Å². The van der Waals surface area contributed by atoms with Gasteiger partial charge in [0.25, 0.3) is 0 Å². The number of phenols is 1. The molecule has 2 aromatic rings. The lowest BCUT2D eigenvalue weighted by Gasteiger charge is -2.56. The molecule has 6 rings (SSSR count). The molecular weight excluding hydrogens is 434 g/mol. The molecule has 35 heavy (non-hydrogen) atoms. The van der Waals surface area contributed by atoms with Crippen LogP contribution in [0.1, 0.15) is 61.1 Å². The molecule has 0 amide bonds. The van der Waals surface area contributed by atoms with Crippen molar-refractivity contribution in [3.63, 3.8) is 0 Å². The summed E-state index contributed by atoms with van der Waals surface area (Å²) in [5.74, 6) is 3.56. The van der Waals surface area contributed by atoms with E-state index in [1.54, 1.807) is 0 Å². The Labute approximate surface area is 209 Å². The first-order chi connectivity index (χ1) is 16.9. The third-order valence-corrected chi connectivity index (χ3v) is 9.84. The highest BCUT2D eigenvalue weighted by Crippen LogP contribution is 2.69. The van der Waals surface area contributed by atoms with Crippen LogP contribution in [0.5, 0.6) is 11.5 Å². The second kappa shape index (κ2) is 8.67. The van der Waals surface area contributed by atoms with Crippen LogP contribution in [0.25, 0.3) is 0 Å². The number of nitrogens with zero attached hydrogens (tertiary/aromatic N) is 1. The zero-order chi connectivity index (χ0) is 24.2. The molecule has 0 saturated heterocycles. The molecule has 2 fully saturated rings. The van der Waals surface area contributed by atoms with Crippen molar-refractivity contribution < 1.29 is 14.6 Å². The van der Waals surface area contributed by atoms with Gasteiger partial charge in [0, 0.05) is 12.0 Å². The summed E-state index contributed by atoms with van der Waals surface area (Å²) in [7, 11) is 4.14. The van der Waals surface area contributed by atoms with Gasteiger partial charge in [-0.2, -0.15) is 0 Å². The SMILES string of the molecule is CN(C)CCOc1ccc([C@H]2C[C@@]3(C)[C@@H](CC[C@@]34C=CCO4)[C@@H]3CCc4cc(O)ccc4[C@H]32)cc1. The first-order valence-electron chi connectivity index (χ1n) is 13.4. The molecule has 1 N–H and O–H groups in total. The third kappa shape index (κ3) is 3.72. The van der Waals surface area contributed by atoms with Crippen LogP contribution >= 0.6 is 0 Å². The number of hydrogen-bond donors (Lipinski definition) is 1. The Bertz CT molecular complexity index is 1110. The van der Waals surface area contributed by atoms with E-state index in [0.29, 0.717) is 36.0 Å². The van der Waals surface area contributed by atoms with Crippen molar-refractivity contribution in [1.82, 2.24) is 4.90 Å². The highest BCUT2D eigenvalue weighted by Gasteiger charge is 2.64. The van der Waals surface area contributed by atoms with Crippen LogP contribution in [0.3, 0.4) is 0 Å². The van der Waals surface area contributed by atoms with E-state index in [9.17, 15) is 5.11 Å². The molecule has 1 heterocycles. The summed E-state index contributed by atoms with van der Waals surface area (Å²) in [6, 6.07) is 15.0. The average Bonchev–Trinajstić information content (AvgIpc) is 3.44. The smallest absolute Gasteiger partial charge is 0.119 e. The molecule has 4 aliphatic rings. The van der Waals surface area contributed by atoms with Gasteiger partial charge >= 0.3 is 0 Å². The molecule has 0 unspecified atom stereocenters. The molecule has 4 heteroatoms. The highest BCUT2D eigenvalue weighted by molar-refractivity contribution is 5.44. The molecule has 0 aromatic heterocycles. The number of fused-ring (bicyclic) bond motifs is 6. The van der Waals surface area contributed by atoms with Gasteiger partial charge in [-0.15, -0.1) is 0 Å². The molecule has 6 atom stereocenters. The Kier molecular flexibility index (Phi) is 5.73. The van der Waals surface area contributed by atoms with Gasteiger partial charge in [-0.25, -0.2) is 0 Å². The molecule has 0 bridgehead atoms. The van der Waals surface area contributed by atoms with Crippen LogP contribution < -0.4 is 4.74 Å². The van der Waals surface area contributed by atoms with E-state index >= 15 is 0 Å². The van der Waals surface area contributed by atoms with Gasteiger partial charge < -0.3 is 19.5 Å². The molecule has 1 spiro atoms. The van der Waals surface area contributed by atoms with E-state index in [1.807, 2.05) is 12.1 Å². The number of rotatable bonds is 5. The summed E-state index contributed by atoms with van der Waals surface area (Å²) < 4.78 is 12.5. The van der Waals surface area contributed by atoms with E-state index in [4.69, 9.17) is 9.47 Å². The van der Waals surface area contributed by atoms with Crippen LogP contribution in [-0.4, -0.2) is 49.5 Å². The van der Waals surface area contributed by atoms with Crippen molar-refractivity contribution in [3.8, 4) is 11.5 Å². The fraction of sp³-hybridized carbons (Fsp3) is 0.548. The largest absolute Gasteiger partial charge is 0.508 e. The van der Waals surface area contributed by atoms with E-state index in [0.717, 1.165) is 38.2 Å². The molecular formula is C31H39NO3. The van der Waals surface area contributed by atoms with Crippen LogP contribution in [0.4, 0.5) is 0 Å². The van der Waals surface area contributed by atoms with Crippen molar-refractivity contribution in [1.29, 1.82) is 0 Å². The van der Waals surface area contributed by atoms with Crippen LogP contribution in [0.15, 0.2) is 54.6 Å². The molecule has 1 aliphatic heterocycles. The van der Waals surface area contributed by atoms with E-state index < -0.39 is 0 Å². The average molecular weight is 474 g/mol. The predicted molar refractivity (Wildman–Crippen MR) is 139 cm³/mol. The first-order valence-corrected chi connectivity index (χ1v) is 13.4. The maximum atomic E-state index is 10.2. The van der Waals surface area contributed by atoms with Gasteiger partial charge in [0.2, 0.25) is 0 Å². The van der Waals surface area contributed by atoms with Gasteiger partial charge in [-0.1, -0.05) is 37.3 Å². The Morgan fingerprint density at radius 3 is 2.69 bits per heavy atom. The van der Waals surface area contributed by atoms with Crippen molar-refractivity contribution in [3.05, 3.63) is 71.3 Å². The summed E-state index contributed by atoms with van der Waals surface area (Å²) in [6.07, 6.45) is 10.4. The van der Waals surface area contributed by atoms with Crippen molar-refractivity contribution in [2.45, 2.75) is 56.5 Å². The maximum absolute atomic E-state index is 10.2. The monoisotopic (exact) mass is 473 g/mol. The molecule has 2 saturated carbocycles. The summed E-state index contributed by atoms with van der Waals surface area (Å²) in [5.41, 5.74) is 4.24. The third-order valence-electron chi connectivity index (χ3n) is 9.84. The minimum Gasteiger partial charge on any atom is -0.508 e. The summed E-state index contributed by atoms with van der Waals surface area (Å²) in [4.78, 5) is 2.14. The van der Waals surface area contributed by atoms with Crippen molar-refractivity contribution >= 4 is 0 Å². The van der Waals surface area contributed by atoms with E-state index in [2.05, 4.69) is 68.4 Å². The van der Waals surface area contributed by atoms with E-state index in [-0.39, 0.29) is 11.0 Å². The number of benzene rings is 2. The Morgan fingerprint density at radius 1 is 1.11 bits per heavy atom. The minimum absolute atomic E-state index is 0.106. The second-order valence-corrected chi connectivity index (χ2v) is 11.8. The minimum atomic E-state index is -0.106. The highest BCUT2D eigenvalue weighted by atomic mass is 16.5. The number of aromatic hydroxyl groups is 1. The number of phenolic OH excluding ortho intramolecular Hbond substituents is 1. The molecule has 3 aliphatic carbocycles. The number of ether oxygens (including phenoxy) is 2. The molecule has 0 radical (unpaired) electrons. The summed E-state index contributed by atoms with van der Waals surface area (Å²) in [5, 5.41) is 10.2. The lowest BCUT2D eigenvalue weighted by Crippen LogP contribution is -2.52. The summed E-state index contributed by atoms with van der Waals surface area (Å²) in [6.45, 7) is 4.88. The van der Waals surface area contributed by atoms with Gasteiger partial charge in [0.05, 0.1) is 12.2 Å². The molecule has 2 aromatic carbocycles. The number of hydrogen-bond acceptors (Lipinski definition) is 4. The predicted octanol–water partition coefficient (Wildman–Crippen LogP) is 5.91. The number of aryl methyl sites for hydroxylation is 1. The normalized spacial score (nSPS) is 35.2. The van der Waals surface area contributed by atoms with Crippen LogP contribution in [-0.2, 0) is 11.2 Å². The van der Waals surface area contributed by atoms with Gasteiger partial charge in [-0.05, 0) is 111 Å². The Hall–Kier alpha value is -2.30. The lowest BCUT2D eigenvalue weighted by atomic mass is 9.49. The first kappa shape index (κ1) is 23.1. The summed E-state index contributed by atoms with van der Waals surface area (Å²) >= 11 is 0. The van der Waals surface area contributed by atoms with Crippen molar-refractivity contribution in [2.24, 2.45) is 17.3 Å². The fourth-order valence-electron chi connectivity index (χ4n) is 8.19. The molecule has 4 nitrogen and oxygen atoms in total. The number of likely N-dealkylation sites (N-methyl/N-ethyl adjacent to an activating group) is 1. The lowest BCUT2D eigenvalue weighted by molar-refractivity contribution is -0.101. The fourth-order valence-corrected chi connectivity index (χ4v) is 8.19. The zero-order valence-electron chi connectivity index (χ0n) is 21.4. The van der Waals surface area contributed by atoms with E-state index in [1.165, 1.54) is 29.5 Å². The van der Waals surface area contributed by atoms with Gasteiger partial charge in [0.1, 0.15) is 18.1 Å². The Morgan fingerprint density at radius 2 is 1.94 bits per heavy atom. The zero-order valence-corrected chi connectivity index (χ0v) is 21.4. The van der Waals surface area contributed by atoms with Gasteiger partial charge in [-0.3, -0.25) is 0 Å². The standard InChI is InChI=1S/C31H39NO3/c1-30-20-27(21-5-9-24(10-6-21)34-18-16-32(2)3)29-25-12-8-23(33)19-22(25)7-11-26(29)28(30)13-15-31(30)14-4-17-35-31/h4-6,8-10,12,14,19,26-29,33H,7,11,13,15-18,20H2,1-3H3/t26-,27+,28-,29+,30-,31-/m0/s1. The second-order valence-electron chi connectivity index (χ2n) is 11.8. The Balaban J connectivity index is 1.38. The van der Waals surface area contributed by atoms with Crippen LogP contribution in [0, 0.1) is 17.3 Å². The quantitative estimate of drug-likeness (QED) is 0.549. The van der Waals surface area contributed by atoms with Crippen LogP contribution in [0.2, 0.25) is 0 Å².